The second kappa shape index (κ2) is 19.2. The smallest absolute Gasteiger partial charge is 0.221 e. The molecule has 0 bridgehead atoms. The maximum atomic E-state index is 11.5. The number of amides is 1. The second-order valence-corrected chi connectivity index (χ2v) is 10.2. The van der Waals surface area contributed by atoms with E-state index in [1.165, 1.54) is 103 Å². The van der Waals surface area contributed by atoms with Crippen LogP contribution in [0.2, 0.25) is 0 Å². The summed E-state index contributed by atoms with van der Waals surface area (Å²) in [5.74, 6) is 0.0594. The first-order valence-electron chi connectivity index (χ1n) is 14.4. The summed E-state index contributed by atoms with van der Waals surface area (Å²) in [7, 11) is 0. The molecule has 1 N–H and O–H groups in total. The third kappa shape index (κ3) is 12.8. The van der Waals surface area contributed by atoms with E-state index in [4.69, 9.17) is 4.99 Å². The number of rotatable bonds is 21. The molecule has 0 saturated carbocycles. The zero-order valence-electron chi connectivity index (χ0n) is 22.6. The van der Waals surface area contributed by atoms with Crippen molar-refractivity contribution in [3.05, 3.63) is 12.2 Å². The van der Waals surface area contributed by atoms with Crippen LogP contribution < -0.4 is 5.32 Å². The lowest BCUT2D eigenvalue weighted by molar-refractivity contribution is -0.959. The van der Waals surface area contributed by atoms with Gasteiger partial charge in [0.1, 0.15) is 6.54 Å². The zero-order valence-corrected chi connectivity index (χ0v) is 22.6. The molecule has 3 unspecified atom stereocenters. The van der Waals surface area contributed by atoms with Gasteiger partial charge in [-0.15, -0.1) is 0 Å². The molecule has 1 amide bonds. The van der Waals surface area contributed by atoms with Gasteiger partial charge in [-0.25, -0.2) is 4.99 Å². The van der Waals surface area contributed by atoms with E-state index in [1.807, 2.05) is 0 Å². The number of nitrogens with zero attached hydrogens (tertiary/aromatic N) is 2. The van der Waals surface area contributed by atoms with E-state index in [2.05, 4.69) is 44.5 Å². The molecular formula is C29H56N3O+. The van der Waals surface area contributed by atoms with Gasteiger partial charge in [-0.1, -0.05) is 89.7 Å². The molecule has 1 aliphatic rings. The van der Waals surface area contributed by atoms with Gasteiger partial charge < -0.3 is 5.32 Å². The minimum atomic E-state index is 0.0594. The first-order valence-corrected chi connectivity index (χ1v) is 14.4. The van der Waals surface area contributed by atoms with Gasteiger partial charge in [0.15, 0.2) is 12.3 Å². The third-order valence-electron chi connectivity index (χ3n) is 7.54. The third-order valence-corrected chi connectivity index (χ3v) is 7.54. The number of hydrogen-bond donors (Lipinski definition) is 1. The Morgan fingerprint density at radius 2 is 1.42 bits per heavy atom. The van der Waals surface area contributed by atoms with E-state index in [-0.39, 0.29) is 12.1 Å². The van der Waals surface area contributed by atoms with Crippen LogP contribution in [0.25, 0.3) is 0 Å². The molecule has 0 spiro atoms. The quantitative estimate of drug-likeness (QED) is 0.105. The van der Waals surface area contributed by atoms with Crippen LogP contribution in [0.4, 0.5) is 0 Å². The van der Waals surface area contributed by atoms with Gasteiger partial charge in [0.2, 0.25) is 5.91 Å². The van der Waals surface area contributed by atoms with Crippen molar-refractivity contribution in [3.63, 3.8) is 0 Å². The normalized spacial score (nSPS) is 21.2. The molecule has 0 radical (unpaired) electrons. The second-order valence-electron chi connectivity index (χ2n) is 10.2. The SMILES string of the molecule is CCCCCC/C=C/CCCCCCCCCCCCC1N=CC[N+]1(CC)C(C)NC(C)=O. The first kappa shape index (κ1) is 29.9. The van der Waals surface area contributed by atoms with Gasteiger partial charge in [0, 0.05) is 20.3 Å². The summed E-state index contributed by atoms with van der Waals surface area (Å²) in [5.41, 5.74) is 0. The molecule has 4 nitrogen and oxygen atoms in total. The van der Waals surface area contributed by atoms with Crippen molar-refractivity contribution in [2.75, 3.05) is 13.1 Å². The summed E-state index contributed by atoms with van der Waals surface area (Å²) in [6.07, 6.45) is 30.2. The Bertz CT molecular complexity index is 545. The summed E-state index contributed by atoms with van der Waals surface area (Å²) in [5, 5.41) is 3.12. The molecule has 33 heavy (non-hydrogen) atoms. The maximum absolute atomic E-state index is 11.5. The Labute approximate surface area is 206 Å². The summed E-state index contributed by atoms with van der Waals surface area (Å²) >= 11 is 0. The molecule has 0 aliphatic carbocycles. The monoisotopic (exact) mass is 462 g/mol. The molecule has 3 atom stereocenters. The van der Waals surface area contributed by atoms with Crippen LogP contribution in [0.15, 0.2) is 17.1 Å². The molecule has 0 saturated heterocycles. The number of allylic oxidation sites excluding steroid dienone is 2. The molecule has 0 aromatic carbocycles. The number of hydrogen-bond acceptors (Lipinski definition) is 2. The van der Waals surface area contributed by atoms with Crippen LogP contribution in [0.5, 0.6) is 0 Å². The number of quaternary nitrogens is 1. The summed E-state index contributed by atoms with van der Waals surface area (Å²) < 4.78 is 0.883. The zero-order chi connectivity index (χ0) is 24.2. The van der Waals surface area contributed by atoms with Crippen molar-refractivity contribution in [1.29, 1.82) is 0 Å². The number of carbonyl (C=O) groups is 1. The molecule has 0 aromatic rings. The molecule has 0 fully saturated rings. The molecule has 192 valence electrons. The summed E-state index contributed by atoms with van der Waals surface area (Å²) in [4.78, 5) is 16.3. The fraction of sp³-hybridized carbons (Fsp3) is 0.862. The lowest BCUT2D eigenvalue weighted by Crippen LogP contribution is -2.63. The van der Waals surface area contributed by atoms with Crippen molar-refractivity contribution in [2.45, 2.75) is 149 Å². The van der Waals surface area contributed by atoms with Crippen molar-refractivity contribution >= 4 is 12.1 Å². The largest absolute Gasteiger partial charge is 0.307 e. The van der Waals surface area contributed by atoms with Crippen molar-refractivity contribution in [1.82, 2.24) is 5.32 Å². The van der Waals surface area contributed by atoms with Crippen molar-refractivity contribution < 1.29 is 9.28 Å². The summed E-state index contributed by atoms with van der Waals surface area (Å²) in [6, 6.07) is 0. The Morgan fingerprint density at radius 1 is 0.909 bits per heavy atom. The minimum Gasteiger partial charge on any atom is -0.307 e. The highest BCUT2D eigenvalue weighted by molar-refractivity contribution is 5.73. The van der Waals surface area contributed by atoms with Crippen LogP contribution in [0, 0.1) is 0 Å². The average Bonchev–Trinajstić information content (AvgIpc) is 3.22. The standard InChI is InChI=1S/C29H55N3O/c1-5-7-8-9-10-11-12-13-14-15-16-17-18-19-20-21-22-23-24-29-30-25-26-32(29,6-2)27(3)31-28(4)33/h11-12,25,27,29H,5-10,13-24,26H2,1-4H3/p+1/b12-11+. The predicted octanol–water partition coefficient (Wildman–Crippen LogP) is 7.92. The Hall–Kier alpha value is -1.16. The molecule has 4 heteroatoms. The highest BCUT2D eigenvalue weighted by Crippen LogP contribution is 2.27. The van der Waals surface area contributed by atoms with Crippen LogP contribution in [-0.4, -0.2) is 42.0 Å². The number of nitrogens with one attached hydrogen (secondary N) is 1. The van der Waals surface area contributed by atoms with Crippen molar-refractivity contribution in [2.24, 2.45) is 4.99 Å². The van der Waals surface area contributed by atoms with E-state index in [9.17, 15) is 4.79 Å². The highest BCUT2D eigenvalue weighted by Gasteiger charge is 2.42. The Kier molecular flexibility index (Phi) is 17.4. The minimum absolute atomic E-state index is 0.0594. The highest BCUT2D eigenvalue weighted by atomic mass is 16.1. The van der Waals surface area contributed by atoms with Crippen LogP contribution in [-0.2, 0) is 4.79 Å². The Balaban J connectivity index is 1.97. The van der Waals surface area contributed by atoms with E-state index in [0.717, 1.165) is 24.0 Å². The Morgan fingerprint density at radius 3 is 1.94 bits per heavy atom. The lowest BCUT2D eigenvalue weighted by atomic mass is 10.0. The van der Waals surface area contributed by atoms with Gasteiger partial charge in [-0.3, -0.25) is 9.28 Å². The molecule has 0 aromatic heterocycles. The van der Waals surface area contributed by atoms with E-state index in [0.29, 0.717) is 6.17 Å². The van der Waals surface area contributed by atoms with E-state index < -0.39 is 0 Å². The molecule has 1 aliphatic heterocycles. The van der Waals surface area contributed by atoms with Gasteiger partial charge >= 0.3 is 0 Å². The predicted molar refractivity (Wildman–Crippen MR) is 145 cm³/mol. The average molecular weight is 463 g/mol. The first-order chi connectivity index (χ1) is 16.1. The lowest BCUT2D eigenvalue weighted by Gasteiger charge is -2.42. The number of aliphatic imine (C=N–C) groups is 1. The molecule has 1 heterocycles. The van der Waals surface area contributed by atoms with Gasteiger partial charge in [0.25, 0.3) is 0 Å². The van der Waals surface area contributed by atoms with Crippen LogP contribution >= 0.6 is 0 Å². The van der Waals surface area contributed by atoms with Gasteiger partial charge in [0.05, 0.1) is 12.8 Å². The summed E-state index contributed by atoms with van der Waals surface area (Å²) in [6.45, 7) is 10.2. The van der Waals surface area contributed by atoms with Gasteiger partial charge in [-0.2, -0.15) is 0 Å². The van der Waals surface area contributed by atoms with E-state index in [1.54, 1.807) is 6.92 Å². The van der Waals surface area contributed by atoms with Crippen molar-refractivity contribution in [3.8, 4) is 0 Å². The van der Waals surface area contributed by atoms with Gasteiger partial charge in [-0.05, 0) is 39.0 Å². The molecular weight excluding hydrogens is 406 g/mol. The van der Waals surface area contributed by atoms with Crippen LogP contribution in [0.1, 0.15) is 137 Å². The maximum Gasteiger partial charge on any atom is 0.221 e. The fourth-order valence-corrected chi connectivity index (χ4v) is 5.29. The topological polar surface area (TPSA) is 41.5 Å². The molecule has 1 rings (SSSR count). The van der Waals surface area contributed by atoms with E-state index >= 15 is 0 Å². The number of unbranched alkanes of at least 4 members (excludes halogenated alkanes) is 14. The van der Waals surface area contributed by atoms with Crippen LogP contribution in [0.3, 0.4) is 0 Å². The number of carbonyl (C=O) groups excluding carboxylic acids is 1. The fourth-order valence-electron chi connectivity index (χ4n) is 5.29.